The van der Waals surface area contributed by atoms with Gasteiger partial charge in [-0.3, -0.25) is 0 Å². The van der Waals surface area contributed by atoms with Gasteiger partial charge < -0.3 is 14.1 Å². The first-order valence-electron chi connectivity index (χ1n) is 7.96. The molecule has 0 aromatic heterocycles. The largest absolute Gasteiger partial charge is 0.458 e. The fourth-order valence-electron chi connectivity index (χ4n) is 2.58. The molecule has 1 heterocycles. The van der Waals surface area contributed by atoms with Crippen LogP contribution >= 0.6 is 0 Å². The van der Waals surface area contributed by atoms with Crippen LogP contribution in [0.5, 0.6) is 0 Å². The predicted molar refractivity (Wildman–Crippen MR) is 88.9 cm³/mol. The van der Waals surface area contributed by atoms with Crippen molar-refractivity contribution in [2.24, 2.45) is 11.3 Å². The van der Waals surface area contributed by atoms with Gasteiger partial charge in [-0.05, 0) is 51.6 Å². The normalized spacial score (nSPS) is 27.2. The van der Waals surface area contributed by atoms with E-state index in [0.717, 1.165) is 0 Å². The van der Waals surface area contributed by atoms with Gasteiger partial charge in [0, 0.05) is 6.54 Å². The molecule has 0 aromatic rings. The Hall–Kier alpha value is -0.723. The van der Waals surface area contributed by atoms with Gasteiger partial charge in [0.25, 0.3) is 0 Å². The summed E-state index contributed by atoms with van der Waals surface area (Å²) in [6.07, 6.45) is 1.15. The third-order valence-electron chi connectivity index (χ3n) is 3.90. The lowest BCUT2D eigenvalue weighted by atomic mass is 9.77. The van der Waals surface area contributed by atoms with E-state index in [1.807, 2.05) is 33.9 Å². The molecule has 5 nitrogen and oxygen atoms in total. The Morgan fingerprint density at radius 1 is 1.23 bits per heavy atom. The molecular formula is C16H31NO4Si. The molecule has 22 heavy (non-hydrogen) atoms. The Kier molecular flexibility index (Phi) is 5.63. The van der Waals surface area contributed by atoms with Crippen LogP contribution in [0.3, 0.4) is 0 Å². The highest BCUT2D eigenvalue weighted by molar-refractivity contribution is 6.48. The zero-order valence-electron chi connectivity index (χ0n) is 15.2. The zero-order chi connectivity index (χ0) is 17.3. The molecular weight excluding hydrogens is 298 g/mol. The van der Waals surface area contributed by atoms with Gasteiger partial charge in [0.05, 0.1) is 0 Å². The number of rotatable bonds is 4. The van der Waals surface area contributed by atoms with Crippen molar-refractivity contribution in [3.05, 3.63) is 0 Å². The number of ether oxygens (including phenoxy) is 1. The zero-order valence-corrected chi connectivity index (χ0v) is 16.4. The fourth-order valence-corrected chi connectivity index (χ4v) is 3.37. The smallest absolute Gasteiger partial charge is 0.336 e. The van der Waals surface area contributed by atoms with Crippen LogP contribution in [-0.4, -0.2) is 44.0 Å². The average molecular weight is 330 g/mol. The van der Waals surface area contributed by atoms with Crippen molar-refractivity contribution in [3.8, 4) is 0 Å². The Bertz CT molecular complexity index is 425. The Balaban J connectivity index is 3.15. The first-order chi connectivity index (χ1) is 9.82. The molecule has 1 rings (SSSR count). The van der Waals surface area contributed by atoms with Gasteiger partial charge in [0.15, 0.2) is 20.9 Å². The van der Waals surface area contributed by atoms with Gasteiger partial charge in [-0.2, -0.15) is 5.06 Å². The average Bonchev–Trinajstić information content (AvgIpc) is 2.65. The number of hydrogen-bond acceptors (Lipinski definition) is 5. The number of carbonyl (C=O) groups excluding carboxylic acids is 2. The molecule has 6 heteroatoms. The topological polar surface area (TPSA) is 55.8 Å². The molecule has 0 N–H and O–H groups in total. The van der Waals surface area contributed by atoms with Gasteiger partial charge in [0.1, 0.15) is 5.60 Å². The standard InChI is InChI=1S/C16H31NO4Si/c1-14(2,3)12-9-16(11-18,13(19)20-15(4,5)6)17(10-12)21-22(7)8/h11-12,22H,9-10H2,1-8H3/t12?,16-/m0/s1. The summed E-state index contributed by atoms with van der Waals surface area (Å²) in [5.74, 6) is -0.311. The Labute approximate surface area is 136 Å². The number of carbonyl (C=O) groups is 2. The third-order valence-corrected chi connectivity index (χ3v) is 4.58. The maximum Gasteiger partial charge on any atom is 0.336 e. The van der Waals surface area contributed by atoms with Crippen LogP contribution in [0.15, 0.2) is 0 Å². The van der Waals surface area contributed by atoms with Crippen LogP contribution in [0.1, 0.15) is 48.0 Å². The summed E-state index contributed by atoms with van der Waals surface area (Å²) < 4.78 is 11.4. The number of hydrogen-bond donors (Lipinski definition) is 0. The third kappa shape index (κ3) is 4.40. The molecule has 2 atom stereocenters. The van der Waals surface area contributed by atoms with Crippen molar-refractivity contribution in [1.29, 1.82) is 0 Å². The van der Waals surface area contributed by atoms with E-state index in [1.54, 1.807) is 5.06 Å². The van der Waals surface area contributed by atoms with Crippen LogP contribution in [0.25, 0.3) is 0 Å². The molecule has 0 aliphatic carbocycles. The second kappa shape index (κ2) is 6.41. The summed E-state index contributed by atoms with van der Waals surface area (Å²) in [5.41, 5.74) is -1.96. The van der Waals surface area contributed by atoms with Crippen molar-refractivity contribution in [2.75, 3.05) is 6.54 Å². The quantitative estimate of drug-likeness (QED) is 0.343. The van der Waals surface area contributed by atoms with E-state index in [1.165, 1.54) is 0 Å². The molecule has 0 amide bonds. The van der Waals surface area contributed by atoms with Crippen LogP contribution in [-0.2, 0) is 18.9 Å². The number of esters is 1. The SMILES string of the molecule is C[SiH](C)ON1CC(C(C)(C)C)C[C@]1(C=O)C(=O)OC(C)(C)C. The molecule has 128 valence electrons. The highest BCUT2D eigenvalue weighted by Gasteiger charge is 2.56. The molecule has 1 aliphatic rings. The predicted octanol–water partition coefficient (Wildman–Crippen LogP) is 2.55. The molecule has 1 aliphatic heterocycles. The van der Waals surface area contributed by atoms with Gasteiger partial charge in [0.2, 0.25) is 0 Å². The van der Waals surface area contributed by atoms with Gasteiger partial charge in [-0.1, -0.05) is 20.8 Å². The molecule has 0 saturated carbocycles. The van der Waals surface area contributed by atoms with Crippen LogP contribution in [0.4, 0.5) is 0 Å². The van der Waals surface area contributed by atoms with E-state index in [0.29, 0.717) is 19.3 Å². The minimum atomic E-state index is -1.44. The molecule has 0 aromatic carbocycles. The lowest BCUT2D eigenvalue weighted by molar-refractivity contribution is -0.188. The number of aldehydes is 1. The van der Waals surface area contributed by atoms with Crippen molar-refractivity contribution in [3.63, 3.8) is 0 Å². The van der Waals surface area contributed by atoms with Crippen molar-refractivity contribution in [2.45, 2.75) is 72.2 Å². The minimum Gasteiger partial charge on any atom is -0.458 e. The lowest BCUT2D eigenvalue weighted by Gasteiger charge is -2.34. The fraction of sp³-hybridized carbons (Fsp3) is 0.875. The van der Waals surface area contributed by atoms with Gasteiger partial charge in [-0.15, -0.1) is 0 Å². The summed E-state index contributed by atoms with van der Waals surface area (Å²) in [7, 11) is -1.44. The monoisotopic (exact) mass is 329 g/mol. The number of hydroxylamine groups is 2. The molecule has 0 radical (unpaired) electrons. The molecule has 1 fully saturated rings. The highest BCUT2D eigenvalue weighted by atomic mass is 28.3. The number of nitrogens with zero attached hydrogens (tertiary/aromatic N) is 1. The van der Waals surface area contributed by atoms with E-state index in [2.05, 4.69) is 20.8 Å². The Morgan fingerprint density at radius 3 is 2.14 bits per heavy atom. The summed E-state index contributed by atoms with van der Waals surface area (Å²) in [5, 5.41) is 1.60. The van der Waals surface area contributed by atoms with Crippen LogP contribution in [0.2, 0.25) is 13.1 Å². The van der Waals surface area contributed by atoms with E-state index < -0.39 is 26.1 Å². The van der Waals surface area contributed by atoms with Crippen molar-refractivity contribution >= 4 is 21.3 Å². The summed E-state index contributed by atoms with van der Waals surface area (Å²) in [4.78, 5) is 24.6. The van der Waals surface area contributed by atoms with Gasteiger partial charge in [-0.25, -0.2) is 4.79 Å². The second-order valence-electron chi connectivity index (χ2n) is 8.53. The molecule has 0 bridgehead atoms. The Morgan fingerprint density at radius 2 is 1.77 bits per heavy atom. The molecule has 1 saturated heterocycles. The van der Waals surface area contributed by atoms with Crippen molar-refractivity contribution in [1.82, 2.24) is 5.06 Å². The van der Waals surface area contributed by atoms with Crippen LogP contribution in [0, 0.1) is 11.3 Å². The molecule has 1 unspecified atom stereocenters. The summed E-state index contributed by atoms with van der Waals surface area (Å²) in [6, 6.07) is 0. The van der Waals surface area contributed by atoms with Gasteiger partial charge >= 0.3 is 5.97 Å². The maximum atomic E-state index is 12.7. The van der Waals surface area contributed by atoms with E-state index >= 15 is 0 Å². The highest BCUT2D eigenvalue weighted by Crippen LogP contribution is 2.42. The van der Waals surface area contributed by atoms with Crippen molar-refractivity contribution < 1.29 is 18.9 Å². The lowest BCUT2D eigenvalue weighted by Crippen LogP contribution is -2.55. The summed E-state index contributed by atoms with van der Waals surface area (Å²) >= 11 is 0. The maximum absolute atomic E-state index is 12.7. The minimum absolute atomic E-state index is 0.00703. The first-order valence-corrected chi connectivity index (χ1v) is 10.7. The first kappa shape index (κ1) is 19.3. The molecule has 0 spiro atoms. The summed E-state index contributed by atoms with van der Waals surface area (Å²) in [6.45, 7) is 16.4. The van der Waals surface area contributed by atoms with Crippen LogP contribution < -0.4 is 0 Å². The second-order valence-corrected chi connectivity index (χ2v) is 10.8. The van der Waals surface area contributed by atoms with E-state index in [4.69, 9.17) is 9.26 Å². The van der Waals surface area contributed by atoms with E-state index in [-0.39, 0.29) is 11.3 Å². The van der Waals surface area contributed by atoms with E-state index in [9.17, 15) is 9.59 Å².